The van der Waals surface area contributed by atoms with E-state index in [1.54, 1.807) is 24.4 Å². The first-order valence-electron chi connectivity index (χ1n) is 9.85. The topological polar surface area (TPSA) is 0 Å². The Morgan fingerprint density at radius 3 is 1.95 bits per heavy atom. The summed E-state index contributed by atoms with van der Waals surface area (Å²) in [7, 11) is 0. The molecule has 1 unspecified atom stereocenters. The van der Waals surface area contributed by atoms with Crippen molar-refractivity contribution in [3.63, 3.8) is 0 Å². The molecular formula is C21H36Sn. The van der Waals surface area contributed by atoms with Crippen molar-refractivity contribution in [2.75, 3.05) is 0 Å². The average molecular weight is 407 g/mol. The van der Waals surface area contributed by atoms with E-state index in [-0.39, 0.29) is 0 Å². The third kappa shape index (κ3) is 4.30. The fourth-order valence-electron chi connectivity index (χ4n) is 4.68. The van der Waals surface area contributed by atoms with Gasteiger partial charge in [-0.3, -0.25) is 0 Å². The van der Waals surface area contributed by atoms with Gasteiger partial charge in [0.2, 0.25) is 0 Å². The molecule has 1 aliphatic carbocycles. The second kappa shape index (κ2) is 9.35. The quantitative estimate of drug-likeness (QED) is 0.363. The monoisotopic (exact) mass is 408 g/mol. The SMILES string of the molecule is CCC[CH2][Sn]([CH2]CCC)([CH2]CCC)[CH]1CCc2ccccc21. The molecular weight excluding hydrogens is 371 g/mol. The molecule has 0 aromatic heterocycles. The molecule has 0 aliphatic heterocycles. The van der Waals surface area contributed by atoms with E-state index in [4.69, 9.17) is 0 Å². The van der Waals surface area contributed by atoms with Crippen LogP contribution in [0.15, 0.2) is 24.3 Å². The van der Waals surface area contributed by atoms with Crippen LogP contribution in [0.2, 0.25) is 13.3 Å². The fourth-order valence-corrected chi connectivity index (χ4v) is 23.7. The predicted octanol–water partition coefficient (Wildman–Crippen LogP) is 7.10. The molecule has 124 valence electrons. The Balaban J connectivity index is 2.28. The Kier molecular flexibility index (Phi) is 7.80. The molecule has 0 bridgehead atoms. The molecule has 0 amide bonds. The normalized spacial score (nSPS) is 17.7. The zero-order valence-corrected chi connectivity index (χ0v) is 18.0. The summed E-state index contributed by atoms with van der Waals surface area (Å²) < 4.78 is 6.01. The van der Waals surface area contributed by atoms with Crippen LogP contribution in [-0.4, -0.2) is 18.4 Å². The van der Waals surface area contributed by atoms with Gasteiger partial charge in [0.15, 0.2) is 0 Å². The standard InChI is InChI=1S/C9H9.3C4H9.Sn/c1-2-5-9-7-3-6-8(9)4-1;3*1-3-4-2;/h1-2,4-6H,3,7H2;3*1,3-4H2,2H3;. The van der Waals surface area contributed by atoms with E-state index < -0.39 is 18.4 Å². The van der Waals surface area contributed by atoms with Crippen LogP contribution in [0.25, 0.3) is 0 Å². The van der Waals surface area contributed by atoms with E-state index in [9.17, 15) is 0 Å². The Morgan fingerprint density at radius 1 is 0.864 bits per heavy atom. The van der Waals surface area contributed by atoms with Crippen LogP contribution in [0.5, 0.6) is 0 Å². The summed E-state index contributed by atoms with van der Waals surface area (Å²) in [6, 6.07) is 9.45. The van der Waals surface area contributed by atoms with Crippen molar-refractivity contribution in [2.24, 2.45) is 0 Å². The number of aryl methyl sites for hydroxylation is 1. The molecule has 1 aromatic carbocycles. The first-order valence-corrected chi connectivity index (χ1v) is 17.6. The molecule has 0 nitrogen and oxygen atoms in total. The fraction of sp³-hybridized carbons (Fsp3) is 0.714. The Hall–Kier alpha value is 0.0187. The summed E-state index contributed by atoms with van der Waals surface area (Å²) >= 11 is -2.07. The summed E-state index contributed by atoms with van der Waals surface area (Å²) in [5.74, 6) is 0. The molecule has 0 spiro atoms. The summed E-state index contributed by atoms with van der Waals surface area (Å²) in [5, 5.41) is 0. The Morgan fingerprint density at radius 2 is 1.41 bits per heavy atom. The molecule has 22 heavy (non-hydrogen) atoms. The molecule has 2 rings (SSSR count). The van der Waals surface area contributed by atoms with Crippen LogP contribution in [0, 0.1) is 0 Å². The van der Waals surface area contributed by atoms with E-state index in [0.29, 0.717) is 0 Å². The minimum atomic E-state index is -2.07. The van der Waals surface area contributed by atoms with Crippen LogP contribution < -0.4 is 0 Å². The molecule has 1 aliphatic rings. The van der Waals surface area contributed by atoms with Gasteiger partial charge in [0.1, 0.15) is 0 Å². The first kappa shape index (κ1) is 18.4. The molecule has 0 fully saturated rings. The van der Waals surface area contributed by atoms with E-state index in [1.165, 1.54) is 51.4 Å². The van der Waals surface area contributed by atoms with Crippen LogP contribution >= 0.6 is 0 Å². The molecule has 0 heterocycles. The van der Waals surface area contributed by atoms with Gasteiger partial charge in [0.05, 0.1) is 0 Å². The molecule has 0 saturated carbocycles. The Bertz CT molecular complexity index is 416. The molecule has 0 radical (unpaired) electrons. The number of hydrogen-bond donors (Lipinski definition) is 0. The molecule has 1 heteroatoms. The van der Waals surface area contributed by atoms with Gasteiger partial charge in [-0.2, -0.15) is 0 Å². The molecule has 0 N–H and O–H groups in total. The van der Waals surface area contributed by atoms with Crippen molar-refractivity contribution in [3.8, 4) is 0 Å². The third-order valence-corrected chi connectivity index (χ3v) is 23.4. The minimum absolute atomic E-state index is 1.04. The van der Waals surface area contributed by atoms with E-state index in [1.807, 2.05) is 0 Å². The zero-order chi connectivity index (χ0) is 15.8. The van der Waals surface area contributed by atoms with Gasteiger partial charge >= 0.3 is 143 Å². The van der Waals surface area contributed by atoms with Crippen LogP contribution in [0.3, 0.4) is 0 Å². The summed E-state index contributed by atoms with van der Waals surface area (Å²) in [5.41, 5.74) is 3.49. The number of hydrogen-bond acceptors (Lipinski definition) is 0. The van der Waals surface area contributed by atoms with Crippen molar-refractivity contribution < 1.29 is 0 Å². The van der Waals surface area contributed by atoms with E-state index in [0.717, 1.165) is 3.93 Å². The Labute approximate surface area is 143 Å². The number of fused-ring (bicyclic) bond motifs is 1. The van der Waals surface area contributed by atoms with Gasteiger partial charge in [-0.1, -0.05) is 0 Å². The van der Waals surface area contributed by atoms with Crippen molar-refractivity contribution in [1.82, 2.24) is 0 Å². The van der Waals surface area contributed by atoms with Crippen molar-refractivity contribution in [2.45, 2.75) is 89.4 Å². The maximum atomic E-state index is 2.49. The zero-order valence-electron chi connectivity index (χ0n) is 15.2. The van der Waals surface area contributed by atoms with Crippen molar-refractivity contribution >= 4 is 18.4 Å². The van der Waals surface area contributed by atoms with E-state index >= 15 is 0 Å². The van der Waals surface area contributed by atoms with Gasteiger partial charge in [-0.15, -0.1) is 0 Å². The maximum absolute atomic E-state index is 2.49. The van der Waals surface area contributed by atoms with Crippen molar-refractivity contribution in [1.29, 1.82) is 0 Å². The average Bonchev–Trinajstić information content (AvgIpc) is 2.99. The summed E-state index contributed by atoms with van der Waals surface area (Å²) in [4.78, 5) is 0. The summed E-state index contributed by atoms with van der Waals surface area (Å²) in [6.45, 7) is 7.16. The van der Waals surface area contributed by atoms with E-state index in [2.05, 4.69) is 45.0 Å². The van der Waals surface area contributed by atoms with Gasteiger partial charge in [0, 0.05) is 0 Å². The van der Waals surface area contributed by atoms with Gasteiger partial charge in [0.25, 0.3) is 0 Å². The predicted molar refractivity (Wildman–Crippen MR) is 102 cm³/mol. The van der Waals surface area contributed by atoms with Gasteiger partial charge in [-0.05, 0) is 0 Å². The molecule has 0 saturated heterocycles. The van der Waals surface area contributed by atoms with Crippen LogP contribution in [-0.2, 0) is 6.42 Å². The summed E-state index contributed by atoms with van der Waals surface area (Å²) in [6.07, 6.45) is 11.5. The number of rotatable bonds is 10. The molecule has 1 atom stereocenters. The number of benzene rings is 1. The van der Waals surface area contributed by atoms with Crippen LogP contribution in [0.4, 0.5) is 0 Å². The molecule has 1 aromatic rings. The second-order valence-corrected chi connectivity index (χ2v) is 21.5. The third-order valence-electron chi connectivity index (χ3n) is 5.96. The van der Waals surface area contributed by atoms with Crippen molar-refractivity contribution in [3.05, 3.63) is 35.4 Å². The van der Waals surface area contributed by atoms with Gasteiger partial charge in [-0.25, -0.2) is 0 Å². The van der Waals surface area contributed by atoms with Crippen LogP contribution in [0.1, 0.15) is 80.8 Å². The van der Waals surface area contributed by atoms with Gasteiger partial charge < -0.3 is 0 Å². The second-order valence-electron chi connectivity index (χ2n) is 7.46. The first-order chi connectivity index (χ1) is 10.8. The number of unbranched alkanes of at least 4 members (excludes halogenated alkanes) is 3.